The number of nitrogens with zero attached hydrogens (tertiary/aromatic N) is 1. The normalized spacial score (nSPS) is 20.4. The lowest BCUT2D eigenvalue weighted by Crippen LogP contribution is -2.62. The van der Waals surface area contributed by atoms with Crippen LogP contribution in [0, 0.1) is 10.8 Å². The summed E-state index contributed by atoms with van der Waals surface area (Å²) >= 11 is 0. The summed E-state index contributed by atoms with van der Waals surface area (Å²) < 4.78 is 11.1. The van der Waals surface area contributed by atoms with E-state index in [0.29, 0.717) is 36.9 Å². The second-order valence-electron chi connectivity index (χ2n) is 29.4. The molecule has 3 aromatic rings. The fourth-order valence-electron chi connectivity index (χ4n) is 13.7. The largest absolute Gasteiger partial charge is 0.394 e. The topological polar surface area (TPSA) is 556 Å². The first-order valence-electron chi connectivity index (χ1n) is 40.8. The maximum absolute atomic E-state index is 15.2. The number of rotatable bonds is 46. The Labute approximate surface area is 668 Å². The van der Waals surface area contributed by atoms with E-state index >= 15 is 4.79 Å². The molecular weight excluding hydrogens is 1470 g/mol. The number of aromatic nitrogens is 1. The zero-order valence-corrected chi connectivity index (χ0v) is 66.5. The lowest BCUT2D eigenvalue weighted by atomic mass is 10.0. The highest BCUT2D eigenvalue weighted by molar-refractivity contribution is 5.98. The van der Waals surface area contributed by atoms with E-state index in [1.807, 2.05) is 31.2 Å². The van der Waals surface area contributed by atoms with Gasteiger partial charge < -0.3 is 110 Å². The third-order valence-electron chi connectivity index (χ3n) is 20.1. The number of fused-ring (bicyclic) bond motifs is 2. The molecule has 35 heteroatoms. The van der Waals surface area contributed by atoms with Crippen LogP contribution in [0.3, 0.4) is 0 Å². The molecule has 24 N–H and O–H groups in total. The molecule has 11 amide bonds. The lowest BCUT2D eigenvalue weighted by Gasteiger charge is -2.33. The second kappa shape index (κ2) is 54.3. The van der Waals surface area contributed by atoms with Crippen LogP contribution in [-0.2, 0) is 75.1 Å². The van der Waals surface area contributed by atoms with Crippen molar-refractivity contribution in [2.75, 3.05) is 65.8 Å². The molecule has 2 fully saturated rings. The molecular formula is C79H129N19O16. The Bertz CT molecular complexity index is 3480. The molecule has 3 heterocycles. The maximum Gasteiger partial charge on any atom is 0.246 e. The molecule has 0 aliphatic carbocycles. The lowest BCUT2D eigenvalue weighted by molar-refractivity contribution is -0.143. The number of guanidine groups is 2. The number of aliphatic hydroxyl groups excluding tert-OH is 3. The van der Waals surface area contributed by atoms with Crippen LogP contribution < -0.4 is 81.0 Å². The summed E-state index contributed by atoms with van der Waals surface area (Å²) in [6.45, 7) is 2.93. The van der Waals surface area contributed by atoms with Crippen molar-refractivity contribution in [2.45, 2.75) is 267 Å². The zero-order valence-electron chi connectivity index (χ0n) is 66.5. The van der Waals surface area contributed by atoms with E-state index in [1.165, 1.54) is 64.2 Å². The summed E-state index contributed by atoms with van der Waals surface area (Å²) in [6.07, 6.45) is 15.0. The van der Waals surface area contributed by atoms with Crippen molar-refractivity contribution in [2.24, 2.45) is 17.2 Å². The van der Waals surface area contributed by atoms with Crippen molar-refractivity contribution in [1.29, 1.82) is 10.8 Å². The van der Waals surface area contributed by atoms with Gasteiger partial charge in [0.15, 0.2) is 11.9 Å². The SMILES string of the molecule is CCCCCCCCCCCCCCCC(=O)NCCOCCOCC(=O)N[C@@H](CCCNC(=N)N)C(=O)N[C@@H](CO)C(=O)N[C@@H](CCCC)C(=O)N[C@H]1CCC(=O)NCCCC[C@@H](C(N)=O)NC(=O)[C@H](Cc2c[nH]c3ccccc23)NC(=O)[C@H](CCCNC(=N)N)N[C@@H](O)[C@@H](Cc2ccccc2)NC(=O)[C@@H]2C[C@@H](O)CN2C1=O. The third-order valence-corrected chi connectivity index (χ3v) is 20.1. The van der Waals surface area contributed by atoms with Crippen molar-refractivity contribution in [3.8, 4) is 0 Å². The Morgan fingerprint density at radius 3 is 1.90 bits per heavy atom. The van der Waals surface area contributed by atoms with Crippen molar-refractivity contribution in [1.82, 2.24) is 73.7 Å². The molecule has 2 saturated heterocycles. The Morgan fingerprint density at radius 2 is 1.23 bits per heavy atom. The number of para-hydroxylation sites is 1. The highest BCUT2D eigenvalue weighted by Crippen LogP contribution is 2.24. The fourth-order valence-corrected chi connectivity index (χ4v) is 13.7. The Hall–Kier alpha value is -9.55. The molecule has 2 aromatic carbocycles. The summed E-state index contributed by atoms with van der Waals surface area (Å²) in [6, 6.07) is 3.10. The Morgan fingerprint density at radius 1 is 0.614 bits per heavy atom. The van der Waals surface area contributed by atoms with E-state index in [-0.39, 0.29) is 128 Å². The summed E-state index contributed by atoms with van der Waals surface area (Å²) in [5.74, 6) is -9.19. The van der Waals surface area contributed by atoms with Gasteiger partial charge >= 0.3 is 0 Å². The predicted octanol–water partition coefficient (Wildman–Crippen LogP) is 0.490. The molecule has 11 atom stereocenters. The number of carbonyl (C=O) groups is 11. The molecule has 2 aliphatic heterocycles. The third kappa shape index (κ3) is 36.7. The van der Waals surface area contributed by atoms with E-state index in [0.717, 1.165) is 35.1 Å². The molecule has 5 rings (SSSR count). The molecule has 114 heavy (non-hydrogen) atoms. The molecule has 0 spiro atoms. The van der Waals surface area contributed by atoms with Crippen LogP contribution in [0.5, 0.6) is 0 Å². The summed E-state index contributed by atoms with van der Waals surface area (Å²) in [5, 5.41) is 82.9. The average molecular weight is 1600 g/mol. The Balaban J connectivity index is 1.29. The minimum Gasteiger partial charge on any atom is -0.394 e. The molecule has 1 aromatic heterocycles. The van der Waals surface area contributed by atoms with Gasteiger partial charge in [-0.05, 0) is 87.8 Å². The van der Waals surface area contributed by atoms with Crippen molar-refractivity contribution < 1.29 is 77.5 Å². The number of unbranched alkanes of at least 4 members (excludes halogenated alkanes) is 13. The van der Waals surface area contributed by atoms with Gasteiger partial charge in [0.1, 0.15) is 55.1 Å². The van der Waals surface area contributed by atoms with Gasteiger partial charge in [0.05, 0.1) is 44.6 Å². The fraction of sp³-hybridized carbons (Fsp3) is 0.658. The van der Waals surface area contributed by atoms with Crippen molar-refractivity contribution in [3.63, 3.8) is 0 Å². The number of amides is 11. The van der Waals surface area contributed by atoms with Crippen LogP contribution in [0.1, 0.15) is 198 Å². The van der Waals surface area contributed by atoms with E-state index < -0.39 is 158 Å². The van der Waals surface area contributed by atoms with E-state index in [9.17, 15) is 63.3 Å². The van der Waals surface area contributed by atoms with Gasteiger partial charge in [-0.25, -0.2) is 0 Å². The number of nitrogens with one attached hydrogen (secondary N) is 15. The van der Waals surface area contributed by atoms with Gasteiger partial charge in [-0.2, -0.15) is 0 Å². The maximum atomic E-state index is 15.2. The summed E-state index contributed by atoms with van der Waals surface area (Å²) in [4.78, 5) is 159. The first-order valence-corrected chi connectivity index (χ1v) is 40.8. The number of nitrogens with two attached hydrogens (primary N) is 3. The number of carbonyl (C=O) groups excluding carboxylic acids is 11. The number of primary amides is 1. The highest BCUT2D eigenvalue weighted by atomic mass is 16.5. The number of ether oxygens (including phenoxy) is 2. The minimum atomic E-state index is -1.78. The van der Waals surface area contributed by atoms with Crippen LogP contribution >= 0.6 is 0 Å². The van der Waals surface area contributed by atoms with Crippen molar-refractivity contribution in [3.05, 3.63) is 71.9 Å². The van der Waals surface area contributed by atoms with Gasteiger partial charge in [0.25, 0.3) is 0 Å². The Kier molecular flexibility index (Phi) is 45.2. The number of hydrogen-bond donors (Lipinski definition) is 21. The van der Waals surface area contributed by atoms with Crippen molar-refractivity contribution >= 4 is 87.8 Å². The summed E-state index contributed by atoms with van der Waals surface area (Å²) in [5.41, 5.74) is 18.9. The molecule has 0 unspecified atom stereocenters. The highest BCUT2D eigenvalue weighted by Gasteiger charge is 2.44. The molecule has 0 saturated carbocycles. The number of aromatic amines is 1. The monoisotopic (exact) mass is 1600 g/mol. The van der Waals surface area contributed by atoms with E-state index in [1.54, 1.807) is 36.5 Å². The van der Waals surface area contributed by atoms with E-state index in [2.05, 4.69) is 75.7 Å². The van der Waals surface area contributed by atoms with Crippen LogP contribution in [0.15, 0.2) is 60.8 Å². The van der Waals surface area contributed by atoms with Crippen LogP contribution in [0.25, 0.3) is 10.9 Å². The smallest absolute Gasteiger partial charge is 0.246 e. The van der Waals surface area contributed by atoms with Crippen LogP contribution in [0.2, 0.25) is 0 Å². The average Bonchev–Trinajstić information content (AvgIpc) is 1.69. The zero-order chi connectivity index (χ0) is 83.0. The number of hydrogen-bond acceptors (Lipinski definition) is 19. The first kappa shape index (κ1) is 95.0. The van der Waals surface area contributed by atoms with Crippen LogP contribution in [-0.4, -0.2) is 235 Å². The van der Waals surface area contributed by atoms with Gasteiger partial charge in [0, 0.05) is 75.5 Å². The predicted molar refractivity (Wildman–Crippen MR) is 430 cm³/mol. The second-order valence-corrected chi connectivity index (χ2v) is 29.4. The standard InChI is InChI=1S/C79H129N19O16/c1-3-5-7-8-9-10-11-12-13-14-15-16-20-35-66(101)86-41-42-113-43-44-114-51-68(103)90-58(33-25-39-87-78(81)82)70(105)97-64(50-99)75(110)93-59(30-6-4-2)71(106)94-61-36-37-67(102)85-38-24-23-32-57(69(80)104)91-74(109)63(46-53-48-89-56-31-22-21-29-55(53)56)95-72(107)60(34-26-40-88-79(83)84)92-73(108)62(45-52-27-18-17-19-28-52)96-76(111)65-47-54(100)49-98(65)77(61)112/h17-19,21-22,27-29,31,48,54,57-65,73,89,92,99-100,108H,3-16,20,23-26,30,32-47,49-51H2,1-2H3,(H2,80,104)(H,85,102)(H,86,101)(H,90,103)(H,91,109)(H,93,110)(H,94,106)(H,95,107)(H,96,111)(H,97,105)(H4,81,82,87)(H4,83,84,88)/t54-,57+,58+,59+,60+,61+,62-,63+,64+,65+,73+/m1/s1. The number of benzene rings is 2. The molecule has 35 nitrogen and oxygen atoms in total. The van der Waals surface area contributed by atoms with Gasteiger partial charge in [-0.1, -0.05) is 152 Å². The molecule has 636 valence electrons. The number of H-pyrrole nitrogens is 1. The van der Waals surface area contributed by atoms with Crippen LogP contribution in [0.4, 0.5) is 0 Å². The molecule has 0 radical (unpaired) electrons. The number of aliphatic hydroxyl groups is 3. The quantitative estimate of drug-likeness (QED) is 0.0208. The molecule has 2 aliphatic rings. The first-order chi connectivity index (χ1) is 54.9. The van der Waals surface area contributed by atoms with Gasteiger partial charge in [0.2, 0.25) is 65.0 Å². The summed E-state index contributed by atoms with van der Waals surface area (Å²) in [7, 11) is 0. The van der Waals surface area contributed by atoms with E-state index in [4.69, 9.17) is 37.5 Å². The van der Waals surface area contributed by atoms with Gasteiger partial charge in [-0.3, -0.25) is 68.9 Å². The minimum absolute atomic E-state index is 0.00386. The molecule has 0 bridgehead atoms. The van der Waals surface area contributed by atoms with Gasteiger partial charge in [-0.15, -0.1) is 0 Å².